The van der Waals surface area contributed by atoms with Crippen LogP contribution in [0.2, 0.25) is 0 Å². The van der Waals surface area contributed by atoms with Gasteiger partial charge in [0, 0.05) is 41.3 Å². The monoisotopic (exact) mass is 381 g/mol. The summed E-state index contributed by atoms with van der Waals surface area (Å²) in [6.07, 6.45) is 0.539. The molecule has 0 saturated carbocycles. The van der Waals surface area contributed by atoms with Crippen LogP contribution in [0.3, 0.4) is 0 Å². The van der Waals surface area contributed by atoms with Crippen LogP contribution in [0.25, 0.3) is 11.3 Å². The van der Waals surface area contributed by atoms with Crippen molar-refractivity contribution in [2.24, 2.45) is 0 Å². The van der Waals surface area contributed by atoms with Gasteiger partial charge in [-0.05, 0) is 43.3 Å². The van der Waals surface area contributed by atoms with Crippen LogP contribution in [-0.2, 0) is 13.0 Å². The molecule has 0 aliphatic carbocycles. The molecule has 28 heavy (non-hydrogen) atoms. The van der Waals surface area contributed by atoms with Crippen LogP contribution in [0, 0.1) is 22.9 Å². The van der Waals surface area contributed by atoms with Crippen molar-refractivity contribution in [3.63, 3.8) is 0 Å². The van der Waals surface area contributed by atoms with Crippen LogP contribution in [0.1, 0.15) is 27.2 Å². The van der Waals surface area contributed by atoms with E-state index >= 15 is 0 Å². The van der Waals surface area contributed by atoms with E-state index in [0.717, 1.165) is 11.3 Å². The second-order valence-corrected chi connectivity index (χ2v) is 6.68. The van der Waals surface area contributed by atoms with E-state index in [2.05, 4.69) is 5.16 Å². The zero-order valence-electron chi connectivity index (χ0n) is 15.0. The van der Waals surface area contributed by atoms with Gasteiger partial charge in [-0.25, -0.2) is 4.39 Å². The predicted molar refractivity (Wildman–Crippen MR) is 98.2 cm³/mol. The number of fused-ring (bicyclic) bond motifs is 1. The highest BCUT2D eigenvalue weighted by atomic mass is 19.1. The molecule has 142 valence electrons. The Kier molecular flexibility index (Phi) is 4.38. The van der Waals surface area contributed by atoms with Gasteiger partial charge in [-0.15, -0.1) is 0 Å². The minimum atomic E-state index is -0.469. The molecule has 0 fully saturated rings. The third-order valence-corrected chi connectivity index (χ3v) is 4.87. The molecule has 0 atom stereocenters. The van der Waals surface area contributed by atoms with Crippen molar-refractivity contribution >= 4 is 11.6 Å². The number of aromatic nitrogens is 1. The molecule has 1 amide bonds. The lowest BCUT2D eigenvalue weighted by atomic mass is 10.0. The molecule has 8 heteroatoms. The molecule has 1 aliphatic rings. The van der Waals surface area contributed by atoms with E-state index in [-0.39, 0.29) is 17.4 Å². The minimum Gasteiger partial charge on any atom is -0.356 e. The molecule has 7 nitrogen and oxygen atoms in total. The van der Waals surface area contributed by atoms with Crippen molar-refractivity contribution in [2.45, 2.75) is 19.9 Å². The maximum atomic E-state index is 13.2. The summed E-state index contributed by atoms with van der Waals surface area (Å²) < 4.78 is 18.6. The molecule has 0 N–H and O–H groups in total. The van der Waals surface area contributed by atoms with Gasteiger partial charge in [0.1, 0.15) is 5.82 Å². The number of carbonyl (C=O) groups is 1. The normalized spacial score (nSPS) is 13.3. The van der Waals surface area contributed by atoms with E-state index < -0.39 is 4.92 Å². The molecule has 0 spiro atoms. The quantitative estimate of drug-likeness (QED) is 0.507. The second kappa shape index (κ2) is 6.88. The number of carbonyl (C=O) groups excluding carboxylic acids is 1. The summed E-state index contributed by atoms with van der Waals surface area (Å²) in [5.74, 6) is -0.0373. The van der Waals surface area contributed by atoms with E-state index in [9.17, 15) is 19.3 Å². The van der Waals surface area contributed by atoms with Crippen molar-refractivity contribution in [3.8, 4) is 11.3 Å². The van der Waals surface area contributed by atoms with Crippen LogP contribution < -0.4 is 0 Å². The van der Waals surface area contributed by atoms with Gasteiger partial charge in [0.25, 0.3) is 11.6 Å². The Bertz CT molecular complexity index is 1080. The SMILES string of the molecule is Cc1cc(C(=O)N2CCc3noc(-c4ccc(F)cc4)c3C2)ccc1[N+](=O)[O-]. The molecule has 3 aromatic rings. The maximum absolute atomic E-state index is 13.2. The topological polar surface area (TPSA) is 89.5 Å². The van der Waals surface area contributed by atoms with Gasteiger partial charge in [0.15, 0.2) is 5.76 Å². The number of nitro groups is 1. The first-order valence-electron chi connectivity index (χ1n) is 8.71. The van der Waals surface area contributed by atoms with Crippen LogP contribution in [0.15, 0.2) is 47.0 Å². The molecule has 1 aliphatic heterocycles. The first-order chi connectivity index (χ1) is 13.4. The molecule has 2 aromatic carbocycles. The first kappa shape index (κ1) is 17.8. The van der Waals surface area contributed by atoms with Crippen molar-refractivity contribution in [1.29, 1.82) is 0 Å². The Hall–Kier alpha value is -3.55. The fourth-order valence-corrected chi connectivity index (χ4v) is 3.39. The summed E-state index contributed by atoms with van der Waals surface area (Å²) in [4.78, 5) is 25.1. The minimum absolute atomic E-state index is 0.0184. The lowest BCUT2D eigenvalue weighted by molar-refractivity contribution is -0.385. The van der Waals surface area contributed by atoms with E-state index in [1.165, 1.54) is 30.3 Å². The number of rotatable bonds is 3. The van der Waals surface area contributed by atoms with Crippen LogP contribution >= 0.6 is 0 Å². The highest BCUT2D eigenvalue weighted by Gasteiger charge is 2.28. The highest BCUT2D eigenvalue weighted by molar-refractivity contribution is 5.95. The summed E-state index contributed by atoms with van der Waals surface area (Å²) in [5, 5.41) is 15.1. The van der Waals surface area contributed by atoms with Crippen LogP contribution in [-0.4, -0.2) is 27.4 Å². The zero-order chi connectivity index (χ0) is 19.8. The molecular formula is C20H16FN3O4. The van der Waals surface area contributed by atoms with Gasteiger partial charge in [0.05, 0.1) is 17.2 Å². The van der Waals surface area contributed by atoms with Gasteiger partial charge < -0.3 is 9.42 Å². The molecule has 4 rings (SSSR count). The zero-order valence-corrected chi connectivity index (χ0v) is 15.0. The highest BCUT2D eigenvalue weighted by Crippen LogP contribution is 2.31. The average molecular weight is 381 g/mol. The number of hydrogen-bond acceptors (Lipinski definition) is 5. The number of benzene rings is 2. The summed E-state index contributed by atoms with van der Waals surface area (Å²) in [7, 11) is 0. The molecule has 1 aromatic heterocycles. The number of aryl methyl sites for hydroxylation is 1. The average Bonchev–Trinajstić information content (AvgIpc) is 3.11. The number of hydrogen-bond donors (Lipinski definition) is 0. The molecule has 0 saturated heterocycles. The van der Waals surface area contributed by atoms with E-state index in [1.54, 1.807) is 24.0 Å². The van der Waals surface area contributed by atoms with E-state index in [1.807, 2.05) is 0 Å². The Morgan fingerprint density at radius 3 is 2.68 bits per heavy atom. The number of amides is 1. The van der Waals surface area contributed by atoms with Gasteiger partial charge in [0.2, 0.25) is 0 Å². The Labute approximate surface area is 159 Å². The Morgan fingerprint density at radius 2 is 2.00 bits per heavy atom. The number of nitro benzene ring substituents is 1. The van der Waals surface area contributed by atoms with Crippen molar-refractivity contribution < 1.29 is 18.6 Å². The third-order valence-electron chi connectivity index (χ3n) is 4.87. The molecule has 2 heterocycles. The van der Waals surface area contributed by atoms with Crippen molar-refractivity contribution in [1.82, 2.24) is 10.1 Å². The predicted octanol–water partition coefficient (Wildman–Crippen LogP) is 3.90. The Morgan fingerprint density at radius 1 is 1.25 bits per heavy atom. The second-order valence-electron chi connectivity index (χ2n) is 6.68. The fourth-order valence-electron chi connectivity index (χ4n) is 3.39. The third kappa shape index (κ3) is 3.13. The standard InChI is InChI=1S/C20H16FN3O4/c1-12-10-14(4-7-18(12)24(26)27)20(25)23-9-8-17-16(11-23)19(28-22-17)13-2-5-15(21)6-3-13/h2-7,10H,8-9,11H2,1H3. The molecule has 0 radical (unpaired) electrons. The number of halogens is 1. The summed E-state index contributed by atoms with van der Waals surface area (Å²) in [6.45, 7) is 2.38. The lowest BCUT2D eigenvalue weighted by Gasteiger charge is -2.26. The number of nitrogens with zero attached hydrogens (tertiary/aromatic N) is 3. The molecule has 0 unspecified atom stereocenters. The lowest BCUT2D eigenvalue weighted by Crippen LogP contribution is -2.36. The van der Waals surface area contributed by atoms with Gasteiger partial charge in [-0.1, -0.05) is 5.16 Å². The van der Waals surface area contributed by atoms with Gasteiger partial charge in [-0.2, -0.15) is 0 Å². The largest absolute Gasteiger partial charge is 0.356 e. The molecule has 0 bridgehead atoms. The fraction of sp³-hybridized carbons (Fsp3) is 0.200. The van der Waals surface area contributed by atoms with Crippen molar-refractivity contribution in [2.75, 3.05) is 6.54 Å². The summed E-state index contributed by atoms with van der Waals surface area (Å²) in [5.41, 5.74) is 3.08. The van der Waals surface area contributed by atoms with Crippen molar-refractivity contribution in [3.05, 3.63) is 80.8 Å². The smallest absolute Gasteiger partial charge is 0.272 e. The summed E-state index contributed by atoms with van der Waals surface area (Å²) >= 11 is 0. The summed E-state index contributed by atoms with van der Waals surface area (Å²) in [6, 6.07) is 10.3. The van der Waals surface area contributed by atoms with Crippen LogP contribution in [0.4, 0.5) is 10.1 Å². The van der Waals surface area contributed by atoms with E-state index in [0.29, 0.717) is 42.0 Å². The van der Waals surface area contributed by atoms with E-state index in [4.69, 9.17) is 4.52 Å². The van der Waals surface area contributed by atoms with Crippen LogP contribution in [0.5, 0.6) is 0 Å². The maximum Gasteiger partial charge on any atom is 0.272 e. The van der Waals surface area contributed by atoms with Gasteiger partial charge >= 0.3 is 0 Å². The van der Waals surface area contributed by atoms with Gasteiger partial charge in [-0.3, -0.25) is 14.9 Å². The first-order valence-corrected chi connectivity index (χ1v) is 8.71. The Balaban J connectivity index is 1.61. The molecular weight excluding hydrogens is 365 g/mol.